The number of rotatable bonds is 7. The van der Waals surface area contributed by atoms with Gasteiger partial charge < -0.3 is 14.7 Å². The Morgan fingerprint density at radius 1 is 0.627 bits per heavy atom. The molecule has 0 aromatic heterocycles. The van der Waals surface area contributed by atoms with Crippen LogP contribution in [0.1, 0.15) is 41.6 Å². The van der Waals surface area contributed by atoms with Gasteiger partial charge in [-0.3, -0.25) is 20.2 Å². The number of nitrogens with zero attached hydrogens (tertiary/aromatic N) is 5. The van der Waals surface area contributed by atoms with Crippen molar-refractivity contribution in [2.75, 3.05) is 40.9 Å². The molecule has 0 saturated carbocycles. The summed E-state index contributed by atoms with van der Waals surface area (Å²) in [5, 5.41) is 22.3. The van der Waals surface area contributed by atoms with Crippen molar-refractivity contribution < 1.29 is 40.6 Å². The molecular weight excluding hydrogens is 734 g/mol. The van der Waals surface area contributed by atoms with E-state index in [4.69, 9.17) is 23.2 Å². The maximum absolute atomic E-state index is 16.0. The molecule has 18 heteroatoms. The van der Waals surface area contributed by atoms with Crippen molar-refractivity contribution in [3.05, 3.63) is 131 Å². The van der Waals surface area contributed by atoms with Crippen LogP contribution in [0.15, 0.2) is 60.7 Å². The van der Waals surface area contributed by atoms with E-state index in [1.807, 2.05) is 0 Å². The summed E-state index contributed by atoms with van der Waals surface area (Å²) >= 11 is 11.8. The predicted molar refractivity (Wildman–Crippen MR) is 176 cm³/mol. The monoisotopic (exact) mass is 757 g/mol. The first kappa shape index (κ1) is 36.0. The highest BCUT2D eigenvalue weighted by Crippen LogP contribution is 2.50. The number of alkyl halides is 3. The molecule has 2 saturated heterocycles. The third-order valence-corrected chi connectivity index (χ3v) is 9.69. The fraction of sp³-hybridized carbons (Fsp3) is 0.273. The molecule has 0 N–H and O–H groups in total. The van der Waals surface area contributed by atoms with Crippen LogP contribution in [0.4, 0.5) is 59.2 Å². The summed E-state index contributed by atoms with van der Waals surface area (Å²) in [4.78, 5) is 26.1. The molecule has 0 amide bonds. The van der Waals surface area contributed by atoms with Crippen molar-refractivity contribution in [2.45, 2.75) is 31.1 Å². The van der Waals surface area contributed by atoms with Crippen molar-refractivity contribution in [1.82, 2.24) is 0 Å². The van der Waals surface area contributed by atoms with Crippen molar-refractivity contribution >= 4 is 51.6 Å². The molecule has 0 unspecified atom stereocenters. The Labute approximate surface area is 294 Å². The van der Waals surface area contributed by atoms with E-state index < -0.39 is 84.0 Å². The molecule has 2 aliphatic heterocycles. The van der Waals surface area contributed by atoms with Gasteiger partial charge in [-0.15, -0.1) is 0 Å². The van der Waals surface area contributed by atoms with Crippen LogP contribution in [-0.2, 0) is 6.18 Å². The second-order valence-corrected chi connectivity index (χ2v) is 12.8. The Morgan fingerprint density at radius 2 is 1.06 bits per heavy atom. The molecule has 0 spiro atoms. The topological polar surface area (TPSA) is 96.0 Å². The van der Waals surface area contributed by atoms with Crippen LogP contribution in [0.2, 0.25) is 10.0 Å². The molecule has 6 rings (SSSR count). The predicted octanol–water partition coefficient (Wildman–Crippen LogP) is 9.79. The first-order valence-electron chi connectivity index (χ1n) is 15.3. The number of hydrogen-bond acceptors (Lipinski definition) is 7. The number of nitro groups is 2. The van der Waals surface area contributed by atoms with E-state index in [9.17, 15) is 33.4 Å². The van der Waals surface area contributed by atoms with Gasteiger partial charge in [0.25, 0.3) is 11.4 Å². The summed E-state index contributed by atoms with van der Waals surface area (Å²) in [5.74, 6) is -4.07. The van der Waals surface area contributed by atoms with Crippen LogP contribution < -0.4 is 14.7 Å². The second kappa shape index (κ2) is 13.7. The molecule has 9 nitrogen and oxygen atoms in total. The summed E-state index contributed by atoms with van der Waals surface area (Å²) in [6.07, 6.45) is -4.55. The van der Waals surface area contributed by atoms with Crippen molar-refractivity contribution in [3.8, 4) is 0 Å². The third-order valence-electron chi connectivity index (χ3n) is 9.08. The maximum atomic E-state index is 16.0. The molecule has 2 fully saturated rings. The summed E-state index contributed by atoms with van der Waals surface area (Å²) in [6, 6.07) is 7.28. The smallest absolute Gasteiger partial charge is 0.368 e. The van der Waals surface area contributed by atoms with Crippen LogP contribution in [-0.4, -0.2) is 36.0 Å². The molecular formula is C33H24Cl2F7N5O4. The van der Waals surface area contributed by atoms with Gasteiger partial charge in [0.2, 0.25) is 0 Å². The number of piperazine rings is 1. The average molecular weight is 758 g/mol. The molecule has 0 aliphatic carbocycles. The number of hydrogen-bond donors (Lipinski definition) is 0. The highest BCUT2D eigenvalue weighted by molar-refractivity contribution is 6.33. The largest absolute Gasteiger partial charge is 0.416 e. The Kier molecular flexibility index (Phi) is 9.67. The number of benzene rings is 4. The van der Waals surface area contributed by atoms with Crippen LogP contribution >= 0.6 is 23.2 Å². The van der Waals surface area contributed by atoms with Gasteiger partial charge in [0, 0.05) is 60.8 Å². The molecule has 268 valence electrons. The van der Waals surface area contributed by atoms with Gasteiger partial charge >= 0.3 is 6.18 Å². The lowest BCUT2D eigenvalue weighted by atomic mass is 10.0. The molecule has 4 aromatic rings. The fourth-order valence-electron chi connectivity index (χ4n) is 6.73. The number of anilines is 3. The van der Waals surface area contributed by atoms with E-state index in [0.29, 0.717) is 5.69 Å². The zero-order valence-electron chi connectivity index (χ0n) is 25.9. The van der Waals surface area contributed by atoms with E-state index in [-0.39, 0.29) is 55.8 Å². The highest BCUT2D eigenvalue weighted by Gasteiger charge is 2.41. The average Bonchev–Trinajstić information content (AvgIpc) is 3.48. The van der Waals surface area contributed by atoms with Gasteiger partial charge in [-0.2, -0.15) is 13.2 Å². The Bertz CT molecular complexity index is 1930. The lowest BCUT2D eigenvalue weighted by molar-refractivity contribution is -0.384. The number of halogens is 9. The molecule has 2 atom stereocenters. The lowest BCUT2D eigenvalue weighted by Crippen LogP contribution is -2.47. The standard InChI is InChI=1S/C33H24Cl2F7N5O4/c34-22-15-24(36)20(13-30(22)46(48)49)28-5-6-29(21-14-31(47(50)51)23(35)16-25(21)37)45(28)19-11-26(38)32(27(39)12-19)44-9-7-43(8-10-44)18-3-1-17(2-4-18)33(40,41)42/h1-4,11-16,28-29H,5-10H2/t28-,29-/m1/s1. The van der Waals surface area contributed by atoms with E-state index in [0.717, 1.165) is 48.5 Å². The molecule has 51 heavy (non-hydrogen) atoms. The van der Waals surface area contributed by atoms with Gasteiger partial charge in [-0.05, 0) is 61.4 Å². The maximum Gasteiger partial charge on any atom is 0.416 e. The highest BCUT2D eigenvalue weighted by atomic mass is 35.5. The van der Waals surface area contributed by atoms with Crippen molar-refractivity contribution in [1.29, 1.82) is 0 Å². The van der Waals surface area contributed by atoms with E-state index >= 15 is 17.6 Å². The fourth-order valence-corrected chi connectivity index (χ4v) is 7.17. The first-order chi connectivity index (χ1) is 24.0. The van der Waals surface area contributed by atoms with Crippen molar-refractivity contribution in [3.63, 3.8) is 0 Å². The third kappa shape index (κ3) is 6.94. The minimum absolute atomic E-state index is 0.0207. The van der Waals surface area contributed by atoms with Gasteiger partial charge in [0.05, 0.1) is 27.5 Å². The second-order valence-electron chi connectivity index (χ2n) is 12.0. The van der Waals surface area contributed by atoms with E-state index in [1.54, 1.807) is 4.90 Å². The quantitative estimate of drug-likeness (QED) is 0.105. The van der Waals surface area contributed by atoms with Crippen molar-refractivity contribution in [2.24, 2.45) is 0 Å². The Morgan fingerprint density at radius 3 is 1.47 bits per heavy atom. The van der Waals surface area contributed by atoms with E-state index in [2.05, 4.69) is 0 Å². The molecule has 2 aliphatic rings. The summed E-state index contributed by atoms with van der Waals surface area (Å²) in [7, 11) is 0. The first-order valence-corrected chi connectivity index (χ1v) is 16.0. The minimum atomic E-state index is -4.50. The van der Waals surface area contributed by atoms with Crippen LogP contribution in [0.25, 0.3) is 0 Å². The zero-order chi connectivity index (χ0) is 36.9. The van der Waals surface area contributed by atoms with Gasteiger partial charge in [0.15, 0.2) is 11.6 Å². The number of nitro benzene ring substituents is 2. The SMILES string of the molecule is O=[N+]([O-])c1cc([C@H]2CC[C@H](c3cc([N+](=O)[O-])c(Cl)cc3F)N2c2cc(F)c(N3CCN(c4ccc(C(F)(F)F)cc4)CC3)c(F)c2)c(F)cc1Cl. The Hall–Kier alpha value is -4.83. The Balaban J connectivity index is 1.36. The zero-order valence-corrected chi connectivity index (χ0v) is 27.5. The van der Waals surface area contributed by atoms with Crippen LogP contribution in [0, 0.1) is 43.5 Å². The molecule has 4 aromatic carbocycles. The van der Waals surface area contributed by atoms with E-state index in [1.165, 1.54) is 21.9 Å². The van der Waals surface area contributed by atoms with Crippen LogP contribution in [0.3, 0.4) is 0 Å². The molecule has 0 radical (unpaired) electrons. The lowest BCUT2D eigenvalue weighted by Gasteiger charge is -2.38. The summed E-state index contributed by atoms with van der Waals surface area (Å²) < 4.78 is 102. The van der Waals surface area contributed by atoms with Gasteiger partial charge in [-0.1, -0.05) is 23.2 Å². The summed E-state index contributed by atoms with van der Waals surface area (Å²) in [5.41, 5.74) is -2.79. The van der Waals surface area contributed by atoms with Gasteiger partial charge in [0.1, 0.15) is 27.4 Å². The van der Waals surface area contributed by atoms with Crippen LogP contribution in [0.5, 0.6) is 0 Å². The molecule has 2 heterocycles. The summed E-state index contributed by atoms with van der Waals surface area (Å²) in [6.45, 7) is 0.599. The minimum Gasteiger partial charge on any atom is -0.368 e. The van der Waals surface area contributed by atoms with Gasteiger partial charge in [-0.25, -0.2) is 17.6 Å². The normalized spacial score (nSPS) is 18.0. The molecule has 0 bridgehead atoms.